The zero-order valence-corrected chi connectivity index (χ0v) is 11.0. The number of halogens is 1. The van der Waals surface area contributed by atoms with Crippen LogP contribution < -0.4 is 5.32 Å². The monoisotopic (exact) mass is 267 g/mol. The number of carbonyl (C=O) groups is 1. The summed E-state index contributed by atoms with van der Waals surface area (Å²) >= 11 is 5.77. The first-order valence-corrected chi connectivity index (χ1v) is 6.73. The minimum atomic E-state index is -0.761. The zero-order chi connectivity index (χ0) is 13.0. The molecule has 1 aliphatic rings. The van der Waals surface area contributed by atoms with Crippen LogP contribution in [0.15, 0.2) is 24.3 Å². The van der Waals surface area contributed by atoms with Gasteiger partial charge in [-0.05, 0) is 30.0 Å². The van der Waals surface area contributed by atoms with E-state index < -0.39 is 6.10 Å². The molecule has 0 aromatic heterocycles. The molecule has 1 aliphatic carbocycles. The molecule has 1 amide bonds. The standard InChI is InChI=1S/C14H18ClNO2/c15-12-5-3-11(4-6-12)13(17)9-14(18)16-8-7-10-1-2-10/h3-6,10,13,17H,1-2,7-9H2,(H,16,18). The van der Waals surface area contributed by atoms with Crippen LogP contribution >= 0.6 is 11.6 Å². The summed E-state index contributed by atoms with van der Waals surface area (Å²) < 4.78 is 0. The summed E-state index contributed by atoms with van der Waals surface area (Å²) in [5, 5.41) is 13.4. The van der Waals surface area contributed by atoms with E-state index in [1.807, 2.05) is 0 Å². The average molecular weight is 268 g/mol. The summed E-state index contributed by atoms with van der Waals surface area (Å²) in [7, 11) is 0. The largest absolute Gasteiger partial charge is 0.388 e. The Morgan fingerprint density at radius 1 is 1.39 bits per heavy atom. The summed E-state index contributed by atoms with van der Waals surface area (Å²) in [5.41, 5.74) is 0.719. The molecular formula is C14H18ClNO2. The maximum Gasteiger partial charge on any atom is 0.222 e. The maximum atomic E-state index is 11.6. The molecule has 4 heteroatoms. The van der Waals surface area contributed by atoms with Gasteiger partial charge in [-0.1, -0.05) is 36.6 Å². The van der Waals surface area contributed by atoms with Crippen molar-refractivity contribution < 1.29 is 9.90 Å². The van der Waals surface area contributed by atoms with Crippen LogP contribution in [-0.2, 0) is 4.79 Å². The van der Waals surface area contributed by atoms with Crippen molar-refractivity contribution in [3.05, 3.63) is 34.9 Å². The molecule has 2 N–H and O–H groups in total. The van der Waals surface area contributed by atoms with Gasteiger partial charge in [-0.2, -0.15) is 0 Å². The number of benzene rings is 1. The Hall–Kier alpha value is -1.06. The Balaban J connectivity index is 1.73. The first-order valence-electron chi connectivity index (χ1n) is 6.35. The highest BCUT2D eigenvalue weighted by Gasteiger charge is 2.21. The first kappa shape index (κ1) is 13.4. The van der Waals surface area contributed by atoms with E-state index in [1.165, 1.54) is 12.8 Å². The van der Waals surface area contributed by atoms with Gasteiger partial charge in [-0.25, -0.2) is 0 Å². The lowest BCUT2D eigenvalue weighted by atomic mass is 10.1. The second-order valence-electron chi connectivity index (χ2n) is 4.85. The fourth-order valence-electron chi connectivity index (χ4n) is 1.87. The molecule has 1 saturated carbocycles. The van der Waals surface area contributed by atoms with E-state index in [4.69, 9.17) is 11.6 Å². The summed E-state index contributed by atoms with van der Waals surface area (Å²) in [4.78, 5) is 11.6. The van der Waals surface area contributed by atoms with Gasteiger partial charge in [-0.3, -0.25) is 4.79 Å². The third-order valence-corrected chi connectivity index (χ3v) is 3.46. The van der Waals surface area contributed by atoms with Gasteiger partial charge in [0.1, 0.15) is 0 Å². The van der Waals surface area contributed by atoms with Crippen LogP contribution in [0.2, 0.25) is 5.02 Å². The molecule has 18 heavy (non-hydrogen) atoms. The number of amides is 1. The van der Waals surface area contributed by atoms with Gasteiger partial charge >= 0.3 is 0 Å². The van der Waals surface area contributed by atoms with E-state index >= 15 is 0 Å². The maximum absolute atomic E-state index is 11.6. The van der Waals surface area contributed by atoms with Crippen molar-refractivity contribution in [2.45, 2.75) is 31.8 Å². The minimum Gasteiger partial charge on any atom is -0.388 e. The average Bonchev–Trinajstić information content (AvgIpc) is 3.13. The van der Waals surface area contributed by atoms with E-state index in [0.717, 1.165) is 24.4 Å². The number of carbonyl (C=O) groups excluding carboxylic acids is 1. The zero-order valence-electron chi connectivity index (χ0n) is 10.2. The summed E-state index contributed by atoms with van der Waals surface area (Å²) in [6, 6.07) is 6.91. The highest BCUT2D eigenvalue weighted by atomic mass is 35.5. The second-order valence-corrected chi connectivity index (χ2v) is 5.29. The lowest BCUT2D eigenvalue weighted by Gasteiger charge is -2.11. The molecule has 0 bridgehead atoms. The highest BCUT2D eigenvalue weighted by Crippen LogP contribution is 2.31. The Morgan fingerprint density at radius 3 is 2.67 bits per heavy atom. The molecular weight excluding hydrogens is 250 g/mol. The molecule has 1 unspecified atom stereocenters. The van der Waals surface area contributed by atoms with Crippen LogP contribution in [0.3, 0.4) is 0 Å². The molecule has 1 aromatic carbocycles. The van der Waals surface area contributed by atoms with Gasteiger partial charge in [0.2, 0.25) is 5.91 Å². The normalized spacial score (nSPS) is 16.3. The number of rotatable bonds is 6. The lowest BCUT2D eigenvalue weighted by molar-refractivity contribution is -0.123. The molecule has 0 spiro atoms. The topological polar surface area (TPSA) is 49.3 Å². The Labute approximate surface area is 112 Å². The van der Waals surface area contributed by atoms with Gasteiger partial charge in [0.25, 0.3) is 0 Å². The Kier molecular flexibility index (Phi) is 4.61. The van der Waals surface area contributed by atoms with E-state index in [1.54, 1.807) is 24.3 Å². The molecule has 0 radical (unpaired) electrons. The van der Waals surface area contributed by atoms with Crippen LogP contribution in [0.25, 0.3) is 0 Å². The van der Waals surface area contributed by atoms with Crippen molar-refractivity contribution in [3.8, 4) is 0 Å². The number of nitrogens with one attached hydrogen (secondary N) is 1. The smallest absolute Gasteiger partial charge is 0.222 e. The third kappa shape index (κ3) is 4.31. The second kappa shape index (κ2) is 6.21. The molecule has 1 atom stereocenters. The Morgan fingerprint density at radius 2 is 2.06 bits per heavy atom. The molecule has 3 nitrogen and oxygen atoms in total. The van der Waals surface area contributed by atoms with Crippen molar-refractivity contribution >= 4 is 17.5 Å². The Bertz CT molecular complexity index is 401. The van der Waals surface area contributed by atoms with Crippen LogP contribution in [0.4, 0.5) is 0 Å². The lowest BCUT2D eigenvalue weighted by Crippen LogP contribution is -2.26. The van der Waals surface area contributed by atoms with E-state index in [2.05, 4.69) is 5.32 Å². The van der Waals surface area contributed by atoms with Gasteiger partial charge in [0.15, 0.2) is 0 Å². The van der Waals surface area contributed by atoms with E-state index in [0.29, 0.717) is 5.02 Å². The number of aliphatic hydroxyl groups is 1. The van der Waals surface area contributed by atoms with Gasteiger partial charge in [0.05, 0.1) is 12.5 Å². The van der Waals surface area contributed by atoms with Crippen molar-refractivity contribution in [1.29, 1.82) is 0 Å². The third-order valence-electron chi connectivity index (χ3n) is 3.21. The predicted molar refractivity (Wildman–Crippen MR) is 71.4 cm³/mol. The van der Waals surface area contributed by atoms with Crippen LogP contribution in [0.1, 0.15) is 37.4 Å². The molecule has 0 saturated heterocycles. The molecule has 1 aromatic rings. The fourth-order valence-corrected chi connectivity index (χ4v) is 2.00. The summed E-state index contributed by atoms with van der Waals surface area (Å²) in [6.45, 7) is 0.719. The van der Waals surface area contributed by atoms with Gasteiger partial charge in [0, 0.05) is 11.6 Å². The van der Waals surface area contributed by atoms with Crippen molar-refractivity contribution in [2.75, 3.05) is 6.54 Å². The fraction of sp³-hybridized carbons (Fsp3) is 0.500. The van der Waals surface area contributed by atoms with Crippen molar-refractivity contribution in [3.63, 3.8) is 0 Å². The molecule has 1 fully saturated rings. The van der Waals surface area contributed by atoms with Crippen LogP contribution in [0.5, 0.6) is 0 Å². The summed E-state index contributed by atoms with van der Waals surface area (Å²) in [6.07, 6.45) is 2.99. The van der Waals surface area contributed by atoms with Gasteiger partial charge < -0.3 is 10.4 Å². The number of hydrogen-bond donors (Lipinski definition) is 2. The van der Waals surface area contributed by atoms with E-state index in [-0.39, 0.29) is 12.3 Å². The predicted octanol–water partition coefficient (Wildman–Crippen LogP) is 2.68. The minimum absolute atomic E-state index is 0.0990. The molecule has 0 heterocycles. The SMILES string of the molecule is O=C(CC(O)c1ccc(Cl)cc1)NCCC1CC1. The number of hydrogen-bond acceptors (Lipinski definition) is 2. The van der Waals surface area contributed by atoms with Crippen molar-refractivity contribution in [1.82, 2.24) is 5.32 Å². The number of aliphatic hydroxyl groups excluding tert-OH is 1. The highest BCUT2D eigenvalue weighted by molar-refractivity contribution is 6.30. The summed E-state index contributed by atoms with van der Waals surface area (Å²) in [5.74, 6) is 0.713. The van der Waals surface area contributed by atoms with E-state index in [9.17, 15) is 9.90 Å². The van der Waals surface area contributed by atoms with Gasteiger partial charge in [-0.15, -0.1) is 0 Å². The van der Waals surface area contributed by atoms with Crippen LogP contribution in [0, 0.1) is 5.92 Å². The first-order chi connectivity index (χ1) is 8.65. The molecule has 0 aliphatic heterocycles. The molecule has 98 valence electrons. The quantitative estimate of drug-likeness (QED) is 0.833. The van der Waals surface area contributed by atoms with Crippen LogP contribution in [-0.4, -0.2) is 17.6 Å². The van der Waals surface area contributed by atoms with Crippen molar-refractivity contribution in [2.24, 2.45) is 5.92 Å². The molecule has 2 rings (SSSR count).